The number of phenolic OH excluding ortho intramolecular Hbond substituents is 2. The van der Waals surface area contributed by atoms with Crippen LogP contribution in [0.5, 0.6) is 17.2 Å². The van der Waals surface area contributed by atoms with Crippen molar-refractivity contribution in [3.63, 3.8) is 0 Å². The van der Waals surface area contributed by atoms with Crippen molar-refractivity contribution < 1.29 is 31.8 Å². The van der Waals surface area contributed by atoms with Crippen LogP contribution in [0.4, 0.5) is 0 Å². The molecule has 0 atom stereocenters. The average Bonchev–Trinajstić information content (AvgIpc) is 2.77. The highest BCUT2D eigenvalue weighted by atomic mass is 32.2. The molecule has 34 heavy (non-hydrogen) atoms. The van der Waals surface area contributed by atoms with Gasteiger partial charge in [-0.2, -0.15) is 0 Å². The molecule has 0 spiro atoms. The Labute approximate surface area is 200 Å². The highest BCUT2D eigenvalue weighted by Gasteiger charge is 2.22. The summed E-state index contributed by atoms with van der Waals surface area (Å²) in [5.74, 6) is -0.347. The number of aromatic hydroxyl groups is 2. The minimum Gasteiger partial charge on any atom is -0.508 e. The van der Waals surface area contributed by atoms with Crippen molar-refractivity contribution in [2.75, 3.05) is 6.61 Å². The van der Waals surface area contributed by atoms with E-state index in [-0.39, 0.29) is 32.8 Å². The molecule has 0 bridgehead atoms. The van der Waals surface area contributed by atoms with Gasteiger partial charge in [0.1, 0.15) is 17.2 Å². The van der Waals surface area contributed by atoms with Gasteiger partial charge in [0.25, 0.3) is 0 Å². The Morgan fingerprint density at radius 1 is 0.735 bits per heavy atom. The molecule has 2 N–H and O–H groups in total. The van der Waals surface area contributed by atoms with Crippen molar-refractivity contribution in [2.45, 2.75) is 48.0 Å². The Morgan fingerprint density at radius 2 is 1.21 bits per heavy atom. The molecule has 0 radical (unpaired) electrons. The summed E-state index contributed by atoms with van der Waals surface area (Å²) in [4.78, 5) is 0.151. The van der Waals surface area contributed by atoms with Gasteiger partial charge in [0.05, 0.1) is 27.9 Å². The van der Waals surface area contributed by atoms with E-state index in [0.717, 1.165) is 12.8 Å². The normalized spacial score (nSPS) is 11.9. The van der Waals surface area contributed by atoms with E-state index >= 15 is 0 Å². The van der Waals surface area contributed by atoms with Crippen molar-refractivity contribution in [1.29, 1.82) is 0 Å². The van der Waals surface area contributed by atoms with Crippen LogP contribution in [0.2, 0.25) is 0 Å². The largest absolute Gasteiger partial charge is 0.508 e. The van der Waals surface area contributed by atoms with E-state index in [0.29, 0.717) is 29.0 Å². The molecule has 3 aromatic carbocycles. The van der Waals surface area contributed by atoms with Crippen LogP contribution in [0.3, 0.4) is 0 Å². The minimum absolute atomic E-state index is 0.0269. The maximum absolute atomic E-state index is 13.0. The van der Waals surface area contributed by atoms with Gasteiger partial charge in [-0.3, -0.25) is 0 Å². The zero-order valence-electron chi connectivity index (χ0n) is 19.1. The van der Waals surface area contributed by atoms with Gasteiger partial charge in [-0.05, 0) is 79.1 Å². The fourth-order valence-electron chi connectivity index (χ4n) is 3.40. The number of unbranched alkanes of at least 4 members (excludes halogenated alkanes) is 1. The van der Waals surface area contributed by atoms with Crippen LogP contribution < -0.4 is 4.74 Å². The van der Waals surface area contributed by atoms with Crippen LogP contribution in [-0.2, 0) is 31.2 Å². The molecule has 7 nitrogen and oxygen atoms in total. The van der Waals surface area contributed by atoms with E-state index in [2.05, 4.69) is 0 Å². The molecule has 3 rings (SSSR count). The maximum atomic E-state index is 13.0. The van der Waals surface area contributed by atoms with Crippen molar-refractivity contribution in [2.24, 2.45) is 0 Å². The van der Waals surface area contributed by atoms with Crippen LogP contribution >= 0.6 is 0 Å². The summed E-state index contributed by atoms with van der Waals surface area (Å²) < 4.78 is 57.7. The second kappa shape index (κ2) is 10.5. The van der Waals surface area contributed by atoms with Crippen molar-refractivity contribution in [1.82, 2.24) is 0 Å². The SMILES string of the molecule is CCCCOc1cc(CS(=O)(=O)c2ccc(O)cc2)c(C)cc1CS(=O)(=O)c1ccc(O)cc1. The number of rotatable bonds is 10. The Morgan fingerprint density at radius 3 is 1.68 bits per heavy atom. The topological polar surface area (TPSA) is 118 Å². The lowest BCUT2D eigenvalue weighted by Crippen LogP contribution is -2.11. The van der Waals surface area contributed by atoms with Gasteiger partial charge in [-0.25, -0.2) is 16.8 Å². The molecule has 0 aromatic heterocycles. The van der Waals surface area contributed by atoms with Crippen LogP contribution in [0.15, 0.2) is 70.5 Å². The number of phenols is 2. The molecule has 9 heteroatoms. The molecule has 182 valence electrons. The molecule has 0 aliphatic carbocycles. The van der Waals surface area contributed by atoms with Gasteiger partial charge >= 0.3 is 0 Å². The number of hydrogen-bond acceptors (Lipinski definition) is 7. The Balaban J connectivity index is 1.96. The van der Waals surface area contributed by atoms with E-state index in [1.165, 1.54) is 48.5 Å². The lowest BCUT2D eigenvalue weighted by atomic mass is 10.1. The molecular weight excluding hydrogens is 476 g/mol. The summed E-state index contributed by atoms with van der Waals surface area (Å²) in [6.45, 7) is 4.11. The van der Waals surface area contributed by atoms with Crippen molar-refractivity contribution in [3.8, 4) is 17.2 Å². The first-order chi connectivity index (χ1) is 16.0. The molecule has 0 aliphatic heterocycles. The lowest BCUT2D eigenvalue weighted by Gasteiger charge is -2.16. The predicted octanol–water partition coefficient (Wildman–Crippen LogP) is 4.53. The van der Waals surface area contributed by atoms with Gasteiger partial charge in [0.2, 0.25) is 0 Å². The second-order valence-electron chi connectivity index (χ2n) is 8.09. The quantitative estimate of drug-likeness (QED) is 0.389. The predicted molar refractivity (Wildman–Crippen MR) is 130 cm³/mol. The number of sulfone groups is 2. The molecule has 0 amide bonds. The maximum Gasteiger partial charge on any atom is 0.182 e. The molecule has 3 aromatic rings. The van der Waals surface area contributed by atoms with Gasteiger partial charge in [0, 0.05) is 5.56 Å². The average molecular weight is 505 g/mol. The third-order valence-corrected chi connectivity index (χ3v) is 8.72. The number of hydrogen-bond donors (Lipinski definition) is 2. The zero-order chi connectivity index (χ0) is 24.9. The highest BCUT2D eigenvalue weighted by molar-refractivity contribution is 7.91. The van der Waals surface area contributed by atoms with Crippen LogP contribution in [-0.4, -0.2) is 33.7 Å². The fraction of sp³-hybridized carbons (Fsp3) is 0.280. The first kappa shape index (κ1) is 25.6. The molecule has 0 saturated heterocycles. The first-order valence-corrected chi connectivity index (χ1v) is 14.1. The Bertz CT molecular complexity index is 1340. The third-order valence-electron chi connectivity index (χ3n) is 5.36. The van der Waals surface area contributed by atoms with E-state index < -0.39 is 19.7 Å². The van der Waals surface area contributed by atoms with Gasteiger partial charge in [0.15, 0.2) is 19.7 Å². The van der Waals surface area contributed by atoms with E-state index in [9.17, 15) is 27.0 Å². The van der Waals surface area contributed by atoms with Crippen molar-refractivity contribution >= 4 is 19.7 Å². The molecule has 0 fully saturated rings. The van der Waals surface area contributed by atoms with Crippen LogP contribution in [0.25, 0.3) is 0 Å². The zero-order valence-corrected chi connectivity index (χ0v) is 20.7. The molecule has 0 aliphatic rings. The molecule has 0 unspecified atom stereocenters. The number of aryl methyl sites for hydroxylation is 1. The number of ether oxygens (including phenoxy) is 1. The summed E-state index contributed by atoms with van der Waals surface area (Å²) in [5, 5.41) is 18.9. The first-order valence-electron chi connectivity index (χ1n) is 10.8. The lowest BCUT2D eigenvalue weighted by molar-refractivity contribution is 0.306. The summed E-state index contributed by atoms with van der Waals surface area (Å²) in [5.41, 5.74) is 1.57. The van der Waals surface area contributed by atoms with Crippen LogP contribution in [0, 0.1) is 6.92 Å². The smallest absolute Gasteiger partial charge is 0.182 e. The Kier molecular flexibility index (Phi) is 7.89. The Hall–Kier alpha value is -3.04. The minimum atomic E-state index is -3.73. The van der Waals surface area contributed by atoms with Crippen molar-refractivity contribution in [3.05, 3.63) is 77.4 Å². The summed E-state index contributed by atoms with van der Waals surface area (Å²) >= 11 is 0. The summed E-state index contributed by atoms with van der Waals surface area (Å²) in [7, 11) is -7.43. The molecular formula is C25H28O7S2. The standard InChI is InChI=1S/C25H28O7S2/c1-3-4-13-32-25-15-19(16-33(28,29)23-9-5-21(26)6-10-23)18(2)14-20(25)17-34(30,31)24-11-7-22(27)8-12-24/h5-12,14-15,26-27H,3-4,13,16-17H2,1-2H3. The fourth-order valence-corrected chi connectivity index (χ4v) is 6.19. The van der Waals surface area contributed by atoms with Gasteiger partial charge in [-0.15, -0.1) is 0 Å². The van der Waals surface area contributed by atoms with Crippen LogP contribution in [0.1, 0.15) is 36.5 Å². The molecule has 0 saturated carbocycles. The molecule has 0 heterocycles. The summed E-state index contributed by atoms with van der Waals surface area (Å²) in [6, 6.07) is 13.9. The number of benzene rings is 3. The third kappa shape index (κ3) is 6.30. The van der Waals surface area contributed by atoms with E-state index in [1.807, 2.05) is 6.92 Å². The van der Waals surface area contributed by atoms with E-state index in [1.54, 1.807) is 19.1 Å². The van der Waals surface area contributed by atoms with E-state index in [4.69, 9.17) is 4.74 Å². The second-order valence-corrected chi connectivity index (χ2v) is 12.1. The highest BCUT2D eigenvalue weighted by Crippen LogP contribution is 2.30. The monoisotopic (exact) mass is 504 g/mol. The summed E-state index contributed by atoms with van der Waals surface area (Å²) in [6.07, 6.45) is 1.65. The van der Waals surface area contributed by atoms with Gasteiger partial charge in [-0.1, -0.05) is 19.4 Å². The van der Waals surface area contributed by atoms with Gasteiger partial charge < -0.3 is 14.9 Å².